The number of terminal acetylenes is 1. The summed E-state index contributed by atoms with van der Waals surface area (Å²) in [4.78, 5) is 2.45. The van der Waals surface area contributed by atoms with Gasteiger partial charge in [-0.2, -0.15) is 0 Å². The Morgan fingerprint density at radius 1 is 1.55 bits per heavy atom. The van der Waals surface area contributed by atoms with Crippen LogP contribution in [0.2, 0.25) is 0 Å². The number of nitrogens with zero attached hydrogens (tertiary/aromatic N) is 1. The summed E-state index contributed by atoms with van der Waals surface area (Å²) in [5.74, 6) is 2.67. The molecule has 1 saturated carbocycles. The highest BCUT2D eigenvalue weighted by Crippen LogP contribution is 2.23. The number of hydrogen-bond acceptors (Lipinski definition) is 1. The van der Waals surface area contributed by atoms with Gasteiger partial charge in [-0.1, -0.05) is 6.42 Å². The summed E-state index contributed by atoms with van der Waals surface area (Å²) < 4.78 is 0. The zero-order valence-corrected chi connectivity index (χ0v) is 7.34. The van der Waals surface area contributed by atoms with E-state index in [1.807, 2.05) is 0 Å². The summed E-state index contributed by atoms with van der Waals surface area (Å²) >= 11 is 0. The van der Waals surface area contributed by atoms with Crippen LogP contribution in [0.15, 0.2) is 0 Å². The molecule has 0 aromatic heterocycles. The van der Waals surface area contributed by atoms with Crippen molar-refractivity contribution in [2.24, 2.45) is 0 Å². The summed E-state index contributed by atoms with van der Waals surface area (Å²) in [7, 11) is 2.21. The van der Waals surface area contributed by atoms with Gasteiger partial charge in [-0.25, -0.2) is 0 Å². The van der Waals surface area contributed by atoms with Gasteiger partial charge in [-0.3, -0.25) is 0 Å². The van der Waals surface area contributed by atoms with Gasteiger partial charge in [0, 0.05) is 12.5 Å². The Labute approximate surface area is 69.8 Å². The molecule has 0 saturated heterocycles. The molecule has 1 heteroatoms. The van der Waals surface area contributed by atoms with E-state index in [-0.39, 0.29) is 0 Å². The van der Waals surface area contributed by atoms with Gasteiger partial charge in [0.15, 0.2) is 0 Å². The number of unbranched alkanes of at least 4 members (excludes halogenated alkanes) is 1. The van der Waals surface area contributed by atoms with E-state index in [0.29, 0.717) is 0 Å². The van der Waals surface area contributed by atoms with Crippen LogP contribution in [-0.4, -0.2) is 24.5 Å². The lowest BCUT2D eigenvalue weighted by Crippen LogP contribution is -2.37. The van der Waals surface area contributed by atoms with Crippen molar-refractivity contribution in [2.75, 3.05) is 13.6 Å². The van der Waals surface area contributed by atoms with Crippen molar-refractivity contribution >= 4 is 0 Å². The molecule has 0 heterocycles. The first-order chi connectivity index (χ1) is 5.34. The van der Waals surface area contributed by atoms with E-state index in [9.17, 15) is 0 Å². The normalized spacial score (nSPS) is 17.9. The molecule has 0 N–H and O–H groups in total. The zero-order valence-electron chi connectivity index (χ0n) is 7.34. The molecule has 0 aromatic rings. The molecule has 1 aliphatic carbocycles. The van der Waals surface area contributed by atoms with Crippen molar-refractivity contribution in [3.63, 3.8) is 0 Å². The molecule has 1 nitrogen and oxygen atoms in total. The molecule has 1 fully saturated rings. The van der Waals surface area contributed by atoms with Crippen LogP contribution in [0.4, 0.5) is 0 Å². The monoisotopic (exact) mass is 151 g/mol. The summed E-state index contributed by atoms with van der Waals surface area (Å²) in [5.41, 5.74) is 0. The SMILES string of the molecule is C#CCCCN(C)C1CCC1. The van der Waals surface area contributed by atoms with Crippen LogP contribution in [-0.2, 0) is 0 Å². The standard InChI is InChI=1S/C10H17N/c1-3-4-5-9-11(2)10-7-6-8-10/h1,10H,4-9H2,2H3. The second-order valence-corrected chi connectivity index (χ2v) is 3.37. The quantitative estimate of drug-likeness (QED) is 0.438. The lowest BCUT2D eigenvalue weighted by atomic mass is 9.92. The molecule has 0 aliphatic heterocycles. The first-order valence-corrected chi connectivity index (χ1v) is 4.48. The van der Waals surface area contributed by atoms with Gasteiger partial charge in [0.1, 0.15) is 0 Å². The predicted molar refractivity (Wildman–Crippen MR) is 48.3 cm³/mol. The third kappa shape index (κ3) is 2.55. The Kier molecular flexibility index (Phi) is 3.45. The summed E-state index contributed by atoms with van der Waals surface area (Å²) in [6.07, 6.45) is 11.5. The van der Waals surface area contributed by atoms with Gasteiger partial charge in [0.2, 0.25) is 0 Å². The van der Waals surface area contributed by atoms with Crippen LogP contribution in [0.25, 0.3) is 0 Å². The van der Waals surface area contributed by atoms with Gasteiger partial charge < -0.3 is 4.90 Å². The van der Waals surface area contributed by atoms with Gasteiger partial charge in [-0.15, -0.1) is 12.3 Å². The Balaban J connectivity index is 2.01. The minimum Gasteiger partial charge on any atom is -0.303 e. The second kappa shape index (κ2) is 4.41. The maximum atomic E-state index is 5.17. The molecular formula is C10H17N. The molecule has 1 aliphatic rings. The van der Waals surface area contributed by atoms with E-state index >= 15 is 0 Å². The second-order valence-electron chi connectivity index (χ2n) is 3.37. The largest absolute Gasteiger partial charge is 0.303 e. The van der Waals surface area contributed by atoms with Crippen LogP contribution in [0, 0.1) is 12.3 Å². The highest BCUT2D eigenvalue weighted by atomic mass is 15.1. The maximum absolute atomic E-state index is 5.17. The third-order valence-corrected chi connectivity index (χ3v) is 2.53. The molecule has 0 amide bonds. The van der Waals surface area contributed by atoms with E-state index in [2.05, 4.69) is 17.9 Å². The highest BCUT2D eigenvalue weighted by Gasteiger charge is 2.20. The van der Waals surface area contributed by atoms with E-state index in [4.69, 9.17) is 6.42 Å². The molecule has 0 bridgehead atoms. The van der Waals surface area contributed by atoms with Crippen molar-refractivity contribution in [1.29, 1.82) is 0 Å². The van der Waals surface area contributed by atoms with Crippen LogP contribution in [0.3, 0.4) is 0 Å². The minimum atomic E-state index is 0.868. The smallest absolute Gasteiger partial charge is 0.00982 e. The molecule has 11 heavy (non-hydrogen) atoms. The maximum Gasteiger partial charge on any atom is 0.00982 e. The minimum absolute atomic E-state index is 0.868. The zero-order chi connectivity index (χ0) is 8.10. The van der Waals surface area contributed by atoms with Crippen LogP contribution >= 0.6 is 0 Å². The lowest BCUT2D eigenvalue weighted by molar-refractivity contribution is 0.159. The van der Waals surface area contributed by atoms with Crippen molar-refractivity contribution in [3.8, 4) is 12.3 Å². The molecular weight excluding hydrogens is 134 g/mol. The van der Waals surface area contributed by atoms with Crippen molar-refractivity contribution < 1.29 is 0 Å². The summed E-state index contributed by atoms with van der Waals surface area (Å²) in [6.45, 7) is 1.18. The molecule has 62 valence electrons. The number of hydrogen-bond donors (Lipinski definition) is 0. The molecule has 1 rings (SSSR count). The molecule has 0 spiro atoms. The Bertz CT molecular complexity index is 141. The van der Waals surface area contributed by atoms with Gasteiger partial charge in [0.05, 0.1) is 0 Å². The first-order valence-electron chi connectivity index (χ1n) is 4.48. The first kappa shape index (κ1) is 8.62. The lowest BCUT2D eigenvalue weighted by Gasteiger charge is -2.34. The average Bonchev–Trinajstić information content (AvgIpc) is 1.84. The average molecular weight is 151 g/mol. The van der Waals surface area contributed by atoms with E-state index in [1.54, 1.807) is 0 Å². The van der Waals surface area contributed by atoms with Crippen molar-refractivity contribution in [1.82, 2.24) is 4.90 Å². The summed E-state index contributed by atoms with van der Waals surface area (Å²) in [5, 5.41) is 0. The fourth-order valence-corrected chi connectivity index (χ4v) is 1.44. The fourth-order valence-electron chi connectivity index (χ4n) is 1.44. The highest BCUT2D eigenvalue weighted by molar-refractivity contribution is 4.84. The van der Waals surface area contributed by atoms with Gasteiger partial charge in [-0.05, 0) is 32.9 Å². The van der Waals surface area contributed by atoms with E-state index < -0.39 is 0 Å². The topological polar surface area (TPSA) is 3.24 Å². The number of rotatable bonds is 4. The molecule has 0 aromatic carbocycles. The van der Waals surface area contributed by atoms with Crippen LogP contribution < -0.4 is 0 Å². The van der Waals surface area contributed by atoms with E-state index in [1.165, 1.54) is 25.8 Å². The molecule has 0 atom stereocenters. The Hall–Kier alpha value is -0.480. The molecule has 0 radical (unpaired) electrons. The fraction of sp³-hybridized carbons (Fsp3) is 0.800. The van der Waals surface area contributed by atoms with Crippen molar-refractivity contribution in [3.05, 3.63) is 0 Å². The van der Waals surface area contributed by atoms with Crippen LogP contribution in [0.5, 0.6) is 0 Å². The van der Waals surface area contributed by atoms with E-state index in [0.717, 1.165) is 18.9 Å². The Morgan fingerprint density at radius 3 is 2.73 bits per heavy atom. The Morgan fingerprint density at radius 2 is 2.27 bits per heavy atom. The third-order valence-electron chi connectivity index (χ3n) is 2.53. The predicted octanol–water partition coefficient (Wildman–Crippen LogP) is 1.88. The molecule has 0 unspecified atom stereocenters. The summed E-state index contributed by atoms with van der Waals surface area (Å²) in [6, 6.07) is 0.868. The van der Waals surface area contributed by atoms with Crippen molar-refractivity contribution in [2.45, 2.75) is 38.1 Å². The van der Waals surface area contributed by atoms with Crippen LogP contribution in [0.1, 0.15) is 32.1 Å². The van der Waals surface area contributed by atoms with Gasteiger partial charge in [0.25, 0.3) is 0 Å². The van der Waals surface area contributed by atoms with Gasteiger partial charge >= 0.3 is 0 Å².